The number of rotatable bonds is 4. The van der Waals surface area contributed by atoms with Crippen molar-refractivity contribution in [2.24, 2.45) is 0 Å². The van der Waals surface area contributed by atoms with Crippen LogP contribution in [0.4, 0.5) is 0 Å². The second-order valence-corrected chi connectivity index (χ2v) is 5.37. The summed E-state index contributed by atoms with van der Waals surface area (Å²) in [5.41, 5.74) is 2.77. The zero-order chi connectivity index (χ0) is 14.7. The smallest absolute Gasteiger partial charge is 0.133 e. The fourth-order valence-electron chi connectivity index (χ4n) is 2.24. The van der Waals surface area contributed by atoms with Gasteiger partial charge in [-0.3, -0.25) is 0 Å². The summed E-state index contributed by atoms with van der Waals surface area (Å²) in [4.78, 5) is 0. The number of aliphatic hydroxyl groups is 1. The first kappa shape index (κ1) is 14.9. The highest BCUT2D eigenvalue weighted by atomic mass is 35.5. The molecule has 0 fully saturated rings. The van der Waals surface area contributed by atoms with E-state index in [4.69, 9.17) is 16.3 Å². The standard InChI is InChI=1S/C17H19ClO2/c1-4-15(19)14-7-5-6-8-16(14)20-17-11(2)9-13(18)10-12(17)3/h5-10,15,19H,4H2,1-3H3/t15-/m1/s1. The molecule has 2 nitrogen and oxygen atoms in total. The highest BCUT2D eigenvalue weighted by molar-refractivity contribution is 6.30. The molecule has 1 N–H and O–H groups in total. The average Bonchev–Trinajstić information content (AvgIpc) is 2.42. The van der Waals surface area contributed by atoms with Gasteiger partial charge >= 0.3 is 0 Å². The van der Waals surface area contributed by atoms with Crippen LogP contribution in [-0.2, 0) is 0 Å². The fourth-order valence-corrected chi connectivity index (χ4v) is 2.56. The second-order valence-electron chi connectivity index (χ2n) is 4.93. The normalized spacial score (nSPS) is 12.2. The van der Waals surface area contributed by atoms with E-state index in [0.717, 1.165) is 22.4 Å². The van der Waals surface area contributed by atoms with Gasteiger partial charge < -0.3 is 9.84 Å². The van der Waals surface area contributed by atoms with Crippen LogP contribution in [0.2, 0.25) is 5.02 Å². The molecule has 0 heterocycles. The van der Waals surface area contributed by atoms with Gasteiger partial charge in [-0.05, 0) is 49.6 Å². The number of benzene rings is 2. The van der Waals surface area contributed by atoms with E-state index in [2.05, 4.69) is 0 Å². The Morgan fingerprint density at radius 1 is 1.15 bits per heavy atom. The van der Waals surface area contributed by atoms with E-state index in [1.54, 1.807) is 0 Å². The van der Waals surface area contributed by atoms with Gasteiger partial charge in [-0.25, -0.2) is 0 Å². The van der Waals surface area contributed by atoms with Crippen molar-refractivity contribution in [2.75, 3.05) is 0 Å². The van der Waals surface area contributed by atoms with Crippen LogP contribution in [0.15, 0.2) is 36.4 Å². The van der Waals surface area contributed by atoms with Crippen molar-refractivity contribution in [3.8, 4) is 11.5 Å². The van der Waals surface area contributed by atoms with E-state index in [-0.39, 0.29) is 0 Å². The van der Waals surface area contributed by atoms with Crippen molar-refractivity contribution in [1.82, 2.24) is 0 Å². The first-order valence-corrected chi connectivity index (χ1v) is 7.12. The predicted molar refractivity (Wildman–Crippen MR) is 82.7 cm³/mol. The largest absolute Gasteiger partial charge is 0.456 e. The van der Waals surface area contributed by atoms with Gasteiger partial charge in [0.2, 0.25) is 0 Å². The summed E-state index contributed by atoms with van der Waals surface area (Å²) in [5, 5.41) is 10.8. The summed E-state index contributed by atoms with van der Waals surface area (Å²) < 4.78 is 6.03. The molecule has 0 spiro atoms. The van der Waals surface area contributed by atoms with Crippen molar-refractivity contribution in [3.05, 3.63) is 58.1 Å². The van der Waals surface area contributed by atoms with Gasteiger partial charge in [0.15, 0.2) is 0 Å². The molecule has 0 aliphatic carbocycles. The van der Waals surface area contributed by atoms with E-state index in [1.165, 1.54) is 0 Å². The number of aliphatic hydroxyl groups excluding tert-OH is 1. The van der Waals surface area contributed by atoms with Crippen molar-refractivity contribution in [2.45, 2.75) is 33.3 Å². The van der Waals surface area contributed by atoms with E-state index >= 15 is 0 Å². The number of hydrogen-bond acceptors (Lipinski definition) is 2. The van der Waals surface area contributed by atoms with Gasteiger partial charge in [0.1, 0.15) is 11.5 Å². The number of aryl methyl sites for hydroxylation is 2. The number of ether oxygens (including phenoxy) is 1. The third-order valence-electron chi connectivity index (χ3n) is 3.30. The van der Waals surface area contributed by atoms with Crippen molar-refractivity contribution in [3.63, 3.8) is 0 Å². The fraction of sp³-hybridized carbons (Fsp3) is 0.294. The molecule has 0 bridgehead atoms. The number of para-hydroxylation sites is 1. The molecule has 0 aliphatic heterocycles. The molecule has 0 unspecified atom stereocenters. The molecule has 0 aromatic heterocycles. The Bertz CT molecular complexity index is 585. The van der Waals surface area contributed by atoms with Crippen LogP contribution in [0.1, 0.15) is 36.1 Å². The summed E-state index contributed by atoms with van der Waals surface area (Å²) in [6.07, 6.45) is 0.137. The van der Waals surface area contributed by atoms with Crippen LogP contribution >= 0.6 is 11.6 Å². The zero-order valence-electron chi connectivity index (χ0n) is 12.0. The molecule has 0 radical (unpaired) electrons. The quantitative estimate of drug-likeness (QED) is 0.839. The lowest BCUT2D eigenvalue weighted by Crippen LogP contribution is -2.00. The number of halogens is 1. The van der Waals surface area contributed by atoms with Crippen LogP contribution in [0, 0.1) is 13.8 Å². The molecule has 106 valence electrons. The minimum atomic E-state index is -0.515. The Morgan fingerprint density at radius 2 is 1.75 bits per heavy atom. The maximum Gasteiger partial charge on any atom is 0.133 e. The highest BCUT2D eigenvalue weighted by Crippen LogP contribution is 2.35. The van der Waals surface area contributed by atoms with Gasteiger partial charge in [0.05, 0.1) is 6.10 Å². The summed E-state index contributed by atoms with van der Waals surface area (Å²) in [6, 6.07) is 11.3. The minimum Gasteiger partial charge on any atom is -0.456 e. The van der Waals surface area contributed by atoms with Gasteiger partial charge in [0, 0.05) is 10.6 Å². The molecule has 2 aromatic rings. The average molecular weight is 291 g/mol. The van der Waals surface area contributed by atoms with E-state index in [0.29, 0.717) is 17.2 Å². The van der Waals surface area contributed by atoms with Crippen LogP contribution in [0.5, 0.6) is 11.5 Å². The molecule has 20 heavy (non-hydrogen) atoms. The Kier molecular flexibility index (Phi) is 4.69. The lowest BCUT2D eigenvalue weighted by atomic mass is 10.1. The monoisotopic (exact) mass is 290 g/mol. The molecular formula is C17H19ClO2. The Morgan fingerprint density at radius 3 is 2.35 bits per heavy atom. The first-order chi connectivity index (χ1) is 9.52. The van der Waals surface area contributed by atoms with Gasteiger partial charge in [-0.2, -0.15) is 0 Å². The van der Waals surface area contributed by atoms with Crippen LogP contribution in [0.25, 0.3) is 0 Å². The van der Waals surface area contributed by atoms with Crippen molar-refractivity contribution < 1.29 is 9.84 Å². The maximum atomic E-state index is 10.1. The van der Waals surface area contributed by atoms with Crippen LogP contribution in [0.3, 0.4) is 0 Å². The zero-order valence-corrected chi connectivity index (χ0v) is 12.7. The second kappa shape index (κ2) is 6.29. The predicted octanol–water partition coefficient (Wildman–Crippen LogP) is 5.19. The minimum absolute atomic E-state index is 0.515. The molecule has 0 saturated carbocycles. The van der Waals surface area contributed by atoms with Crippen LogP contribution in [-0.4, -0.2) is 5.11 Å². The van der Waals surface area contributed by atoms with Gasteiger partial charge in [0.25, 0.3) is 0 Å². The molecule has 0 saturated heterocycles. The highest BCUT2D eigenvalue weighted by Gasteiger charge is 2.14. The summed E-state index contributed by atoms with van der Waals surface area (Å²) in [7, 11) is 0. The van der Waals surface area contributed by atoms with Crippen molar-refractivity contribution in [1.29, 1.82) is 0 Å². The van der Waals surface area contributed by atoms with Gasteiger partial charge in [-0.15, -0.1) is 0 Å². The first-order valence-electron chi connectivity index (χ1n) is 6.74. The Balaban J connectivity index is 2.41. The summed E-state index contributed by atoms with van der Waals surface area (Å²) in [5.74, 6) is 1.49. The van der Waals surface area contributed by atoms with E-state index in [1.807, 2.05) is 57.2 Å². The molecule has 2 aromatic carbocycles. The number of hydrogen-bond donors (Lipinski definition) is 1. The summed E-state index contributed by atoms with van der Waals surface area (Å²) >= 11 is 6.03. The third-order valence-corrected chi connectivity index (χ3v) is 3.52. The Hall–Kier alpha value is -1.51. The lowest BCUT2D eigenvalue weighted by molar-refractivity contribution is 0.170. The Labute approximate surface area is 125 Å². The lowest BCUT2D eigenvalue weighted by Gasteiger charge is -2.17. The molecule has 0 amide bonds. The third kappa shape index (κ3) is 3.14. The van der Waals surface area contributed by atoms with E-state index < -0.39 is 6.10 Å². The molecular weight excluding hydrogens is 272 g/mol. The SMILES string of the molecule is CC[C@@H](O)c1ccccc1Oc1c(C)cc(Cl)cc1C. The van der Waals surface area contributed by atoms with Crippen molar-refractivity contribution >= 4 is 11.6 Å². The van der Waals surface area contributed by atoms with Crippen LogP contribution < -0.4 is 4.74 Å². The molecule has 1 atom stereocenters. The maximum absolute atomic E-state index is 10.1. The molecule has 0 aliphatic rings. The summed E-state index contributed by atoms with van der Waals surface area (Å²) in [6.45, 7) is 5.88. The molecule has 3 heteroatoms. The van der Waals surface area contributed by atoms with E-state index in [9.17, 15) is 5.11 Å². The van der Waals surface area contributed by atoms with Gasteiger partial charge in [-0.1, -0.05) is 36.7 Å². The topological polar surface area (TPSA) is 29.5 Å². The molecule has 2 rings (SSSR count).